The largest absolute Gasteiger partial charge is 0.369 e. The van der Waals surface area contributed by atoms with Crippen LogP contribution >= 0.6 is 15.9 Å². The summed E-state index contributed by atoms with van der Waals surface area (Å²) < 4.78 is 16.4. The van der Waals surface area contributed by atoms with E-state index in [1.807, 2.05) is 0 Å². The monoisotopic (exact) mass is 391 g/mol. The Balaban J connectivity index is 2.01. The molecule has 0 atom stereocenters. The fourth-order valence-corrected chi connectivity index (χ4v) is 2.65. The molecular weight excluding hydrogens is 377 g/mol. The van der Waals surface area contributed by atoms with Crippen molar-refractivity contribution < 1.29 is 9.18 Å². The Bertz CT molecular complexity index is 895. The number of hydrogen-bond donors (Lipinski definition) is 2. The molecule has 0 fully saturated rings. The first-order valence-electron chi connectivity index (χ1n) is 7.34. The number of nitrogens with one attached hydrogen (secondary N) is 2. The summed E-state index contributed by atoms with van der Waals surface area (Å²) >= 11 is 3.40. The maximum absolute atomic E-state index is 14.1. The normalized spacial score (nSPS) is 10.8. The van der Waals surface area contributed by atoms with Crippen molar-refractivity contribution in [2.24, 2.45) is 0 Å². The third-order valence-electron chi connectivity index (χ3n) is 3.52. The Morgan fingerprint density at radius 2 is 2.17 bits per heavy atom. The molecule has 0 saturated carbocycles. The van der Waals surface area contributed by atoms with Crippen molar-refractivity contribution in [3.8, 4) is 11.3 Å². The summed E-state index contributed by atoms with van der Waals surface area (Å²) in [5.41, 5.74) is 1.46. The topological polar surface area (TPSA) is 71.3 Å². The Morgan fingerprint density at radius 1 is 1.38 bits per heavy atom. The van der Waals surface area contributed by atoms with E-state index in [1.165, 1.54) is 6.07 Å². The fourth-order valence-electron chi connectivity index (χ4n) is 2.30. The quantitative estimate of drug-likeness (QED) is 0.701. The van der Waals surface area contributed by atoms with Crippen molar-refractivity contribution in [2.45, 2.75) is 6.42 Å². The molecule has 3 rings (SSSR count). The van der Waals surface area contributed by atoms with Gasteiger partial charge in [-0.25, -0.2) is 9.37 Å². The van der Waals surface area contributed by atoms with Crippen LogP contribution in [0.25, 0.3) is 16.9 Å². The van der Waals surface area contributed by atoms with Gasteiger partial charge in [0.15, 0.2) is 5.65 Å². The highest BCUT2D eigenvalue weighted by Gasteiger charge is 2.13. The molecule has 124 valence electrons. The van der Waals surface area contributed by atoms with Gasteiger partial charge >= 0.3 is 0 Å². The van der Waals surface area contributed by atoms with E-state index in [0.29, 0.717) is 40.2 Å². The second-order valence-corrected chi connectivity index (χ2v) is 5.94. The number of halogens is 2. The lowest BCUT2D eigenvalue weighted by Crippen LogP contribution is -2.21. The number of carbonyl (C=O) groups is 1. The molecule has 0 aliphatic rings. The van der Waals surface area contributed by atoms with Crippen molar-refractivity contribution in [1.29, 1.82) is 0 Å². The molecule has 0 bridgehead atoms. The first kappa shape index (κ1) is 16.4. The predicted molar refractivity (Wildman–Crippen MR) is 93.3 cm³/mol. The Labute approximate surface area is 146 Å². The van der Waals surface area contributed by atoms with Gasteiger partial charge in [0.1, 0.15) is 11.6 Å². The second kappa shape index (κ2) is 6.96. The van der Waals surface area contributed by atoms with Gasteiger partial charge in [-0.05, 0) is 28.1 Å². The van der Waals surface area contributed by atoms with Crippen molar-refractivity contribution in [3.05, 3.63) is 46.8 Å². The van der Waals surface area contributed by atoms with Gasteiger partial charge in [0.25, 0.3) is 0 Å². The SMILES string of the molecule is CNC(=O)CCNc1cc(-c2ccccc2F)nc2c(Br)cnn12. The number of amides is 1. The molecule has 1 aromatic carbocycles. The van der Waals surface area contributed by atoms with Gasteiger partial charge in [0.05, 0.1) is 16.4 Å². The van der Waals surface area contributed by atoms with E-state index in [0.717, 1.165) is 0 Å². The molecule has 0 unspecified atom stereocenters. The Morgan fingerprint density at radius 3 is 2.92 bits per heavy atom. The summed E-state index contributed by atoms with van der Waals surface area (Å²) in [6.45, 7) is 0.424. The van der Waals surface area contributed by atoms with Crippen LogP contribution in [0.4, 0.5) is 10.2 Å². The van der Waals surface area contributed by atoms with Gasteiger partial charge in [-0.2, -0.15) is 9.61 Å². The first-order valence-corrected chi connectivity index (χ1v) is 8.13. The van der Waals surface area contributed by atoms with Crippen molar-refractivity contribution in [3.63, 3.8) is 0 Å². The molecule has 3 aromatic rings. The number of carbonyl (C=O) groups excluding carboxylic acids is 1. The van der Waals surface area contributed by atoms with Gasteiger partial charge in [0.2, 0.25) is 5.91 Å². The molecule has 24 heavy (non-hydrogen) atoms. The lowest BCUT2D eigenvalue weighted by atomic mass is 10.1. The van der Waals surface area contributed by atoms with Crippen molar-refractivity contribution in [2.75, 3.05) is 18.9 Å². The lowest BCUT2D eigenvalue weighted by molar-refractivity contribution is -0.120. The van der Waals surface area contributed by atoms with Crippen LogP contribution in [-0.4, -0.2) is 34.1 Å². The van der Waals surface area contributed by atoms with Crippen molar-refractivity contribution >= 4 is 33.3 Å². The zero-order chi connectivity index (χ0) is 17.1. The smallest absolute Gasteiger partial charge is 0.221 e. The summed E-state index contributed by atoms with van der Waals surface area (Å²) in [5.74, 6) is 0.220. The molecule has 6 nitrogen and oxygen atoms in total. The average Bonchev–Trinajstić information content (AvgIpc) is 2.96. The lowest BCUT2D eigenvalue weighted by Gasteiger charge is -2.11. The third kappa shape index (κ3) is 3.23. The Kier molecular flexibility index (Phi) is 4.75. The van der Waals surface area contributed by atoms with E-state index in [9.17, 15) is 9.18 Å². The first-order chi connectivity index (χ1) is 11.6. The van der Waals surface area contributed by atoms with Gasteiger partial charge in [-0.1, -0.05) is 12.1 Å². The zero-order valence-corrected chi connectivity index (χ0v) is 14.5. The van der Waals surface area contributed by atoms with Gasteiger partial charge < -0.3 is 10.6 Å². The number of rotatable bonds is 5. The molecular formula is C16H15BrFN5O. The molecule has 1 amide bonds. The number of fused-ring (bicyclic) bond motifs is 1. The molecule has 0 aliphatic heterocycles. The second-order valence-electron chi connectivity index (χ2n) is 5.08. The van der Waals surface area contributed by atoms with Crippen LogP contribution in [0.2, 0.25) is 0 Å². The predicted octanol–water partition coefficient (Wildman–Crippen LogP) is 2.85. The van der Waals surface area contributed by atoms with E-state index in [2.05, 4.69) is 36.6 Å². The highest BCUT2D eigenvalue weighted by Crippen LogP contribution is 2.27. The third-order valence-corrected chi connectivity index (χ3v) is 4.07. The molecule has 0 spiro atoms. The molecule has 2 heterocycles. The minimum Gasteiger partial charge on any atom is -0.369 e. The number of anilines is 1. The maximum atomic E-state index is 14.1. The van der Waals surface area contributed by atoms with Gasteiger partial charge in [-0.3, -0.25) is 4.79 Å². The van der Waals surface area contributed by atoms with Crippen LogP contribution in [-0.2, 0) is 4.79 Å². The fraction of sp³-hybridized carbons (Fsp3) is 0.188. The van der Waals surface area contributed by atoms with E-state index < -0.39 is 0 Å². The number of benzene rings is 1. The van der Waals surface area contributed by atoms with Gasteiger partial charge in [0, 0.05) is 31.6 Å². The van der Waals surface area contributed by atoms with Crippen LogP contribution in [0.15, 0.2) is 41.0 Å². The number of aromatic nitrogens is 3. The van der Waals surface area contributed by atoms with Crippen LogP contribution < -0.4 is 10.6 Å². The minimum atomic E-state index is -0.346. The Hall–Kier alpha value is -2.48. The summed E-state index contributed by atoms with van der Waals surface area (Å²) in [6, 6.07) is 8.18. The number of hydrogen-bond acceptors (Lipinski definition) is 4. The van der Waals surface area contributed by atoms with Crippen LogP contribution in [0, 0.1) is 5.82 Å². The molecule has 0 saturated heterocycles. The number of nitrogens with zero attached hydrogens (tertiary/aromatic N) is 3. The molecule has 0 aliphatic carbocycles. The maximum Gasteiger partial charge on any atom is 0.221 e. The average molecular weight is 392 g/mol. The molecule has 2 aromatic heterocycles. The molecule has 2 N–H and O–H groups in total. The van der Waals surface area contributed by atoms with Crippen LogP contribution in [0.3, 0.4) is 0 Å². The zero-order valence-electron chi connectivity index (χ0n) is 12.9. The summed E-state index contributed by atoms with van der Waals surface area (Å²) in [6.07, 6.45) is 1.94. The van der Waals surface area contributed by atoms with E-state index in [-0.39, 0.29) is 11.7 Å². The minimum absolute atomic E-state index is 0.0660. The standard InChI is InChI=1S/C16H15BrFN5O/c1-19-15(24)6-7-20-14-8-13(10-4-2-3-5-12(10)18)22-16-11(17)9-21-23(14)16/h2-5,8-9,20H,6-7H2,1H3,(H,19,24). The van der Waals surface area contributed by atoms with Crippen LogP contribution in [0.1, 0.15) is 6.42 Å². The van der Waals surface area contributed by atoms with Gasteiger partial charge in [-0.15, -0.1) is 0 Å². The summed E-state index contributed by atoms with van der Waals surface area (Å²) in [7, 11) is 1.59. The van der Waals surface area contributed by atoms with E-state index >= 15 is 0 Å². The highest BCUT2D eigenvalue weighted by molar-refractivity contribution is 9.10. The summed E-state index contributed by atoms with van der Waals surface area (Å²) in [4.78, 5) is 15.8. The molecule has 0 radical (unpaired) electrons. The van der Waals surface area contributed by atoms with E-state index in [4.69, 9.17) is 0 Å². The summed E-state index contributed by atoms with van der Waals surface area (Å²) in [5, 5.41) is 9.96. The highest BCUT2D eigenvalue weighted by atomic mass is 79.9. The van der Waals surface area contributed by atoms with Crippen LogP contribution in [0.5, 0.6) is 0 Å². The van der Waals surface area contributed by atoms with Crippen molar-refractivity contribution in [1.82, 2.24) is 19.9 Å². The molecule has 8 heteroatoms. The van der Waals surface area contributed by atoms with E-state index in [1.54, 1.807) is 42.0 Å².